The van der Waals surface area contributed by atoms with Crippen molar-refractivity contribution in [1.29, 1.82) is 0 Å². The molecule has 1 aromatic heterocycles. The van der Waals surface area contributed by atoms with Crippen LogP contribution in [0, 0.1) is 6.92 Å². The second kappa shape index (κ2) is 5.07. The molecule has 7 heteroatoms. The van der Waals surface area contributed by atoms with E-state index in [1.54, 1.807) is 11.2 Å². The molecule has 1 saturated heterocycles. The Morgan fingerprint density at radius 2 is 2.35 bits per heavy atom. The number of alkyl halides is 1. The molecule has 0 spiro atoms. The fourth-order valence-electron chi connectivity index (χ4n) is 2.17. The van der Waals surface area contributed by atoms with Crippen molar-refractivity contribution in [3.8, 4) is 0 Å². The van der Waals surface area contributed by atoms with E-state index in [-0.39, 0.29) is 6.04 Å². The van der Waals surface area contributed by atoms with Gasteiger partial charge in [-0.05, 0) is 19.8 Å². The third kappa shape index (κ3) is 2.41. The van der Waals surface area contributed by atoms with Gasteiger partial charge in [-0.25, -0.2) is 8.42 Å². The first kappa shape index (κ1) is 13.0. The first-order chi connectivity index (χ1) is 8.07. The van der Waals surface area contributed by atoms with Crippen LogP contribution in [-0.2, 0) is 10.0 Å². The van der Waals surface area contributed by atoms with E-state index < -0.39 is 10.0 Å². The van der Waals surface area contributed by atoms with Crippen LogP contribution in [0.3, 0.4) is 0 Å². The average Bonchev–Trinajstić information content (AvgIpc) is 2.76. The molecule has 1 aliphatic rings. The summed E-state index contributed by atoms with van der Waals surface area (Å²) in [5, 5.41) is 7.15. The summed E-state index contributed by atoms with van der Waals surface area (Å²) in [5.74, 6) is 0. The predicted octanol–water partition coefficient (Wildman–Crippen LogP) is 1.66. The lowest BCUT2D eigenvalue weighted by molar-refractivity contribution is 0.273. The van der Waals surface area contributed by atoms with E-state index in [1.807, 2.05) is 0 Å². The molecule has 0 bridgehead atoms. The summed E-state index contributed by atoms with van der Waals surface area (Å²) in [6.45, 7) is 2.33. The Balaban J connectivity index is 2.34. The fraction of sp³-hybridized carbons (Fsp3) is 0.700. The van der Waals surface area contributed by atoms with Crippen molar-refractivity contribution in [1.82, 2.24) is 14.5 Å². The standard InChI is InChI=1S/C10H16BrN3O2S/c1-8-10(7-12-13-8)17(15,16)14-5-3-2-4-9(14)6-11/h7,9H,2-6H2,1H3,(H,12,13). The molecular weight excluding hydrogens is 306 g/mol. The van der Waals surface area contributed by atoms with E-state index in [2.05, 4.69) is 26.1 Å². The largest absolute Gasteiger partial charge is 0.281 e. The number of rotatable bonds is 3. The molecule has 96 valence electrons. The van der Waals surface area contributed by atoms with Crippen molar-refractivity contribution < 1.29 is 8.42 Å². The Kier molecular flexibility index (Phi) is 3.89. The lowest BCUT2D eigenvalue weighted by Crippen LogP contribution is -2.44. The number of sulfonamides is 1. The number of aromatic amines is 1. The molecule has 0 aromatic carbocycles. The highest BCUT2D eigenvalue weighted by atomic mass is 79.9. The van der Waals surface area contributed by atoms with Gasteiger partial charge in [0.2, 0.25) is 10.0 Å². The van der Waals surface area contributed by atoms with Crippen LogP contribution in [0.1, 0.15) is 25.0 Å². The van der Waals surface area contributed by atoms with E-state index in [4.69, 9.17) is 0 Å². The number of piperidine rings is 1. The van der Waals surface area contributed by atoms with Gasteiger partial charge in [0.1, 0.15) is 4.90 Å². The molecule has 1 fully saturated rings. The summed E-state index contributed by atoms with van der Waals surface area (Å²) < 4.78 is 26.6. The highest BCUT2D eigenvalue weighted by Crippen LogP contribution is 2.27. The van der Waals surface area contributed by atoms with Crippen molar-refractivity contribution in [2.75, 3.05) is 11.9 Å². The summed E-state index contributed by atoms with van der Waals surface area (Å²) in [4.78, 5) is 0.297. The molecule has 1 aromatic rings. The lowest BCUT2D eigenvalue weighted by atomic mass is 10.1. The minimum absolute atomic E-state index is 0.0584. The Morgan fingerprint density at radius 3 is 2.94 bits per heavy atom. The number of aryl methyl sites for hydroxylation is 1. The summed E-state index contributed by atoms with van der Waals surface area (Å²) >= 11 is 3.40. The molecule has 0 saturated carbocycles. The monoisotopic (exact) mass is 321 g/mol. The highest BCUT2D eigenvalue weighted by Gasteiger charge is 2.34. The van der Waals surface area contributed by atoms with Crippen LogP contribution in [0.25, 0.3) is 0 Å². The summed E-state index contributed by atoms with van der Waals surface area (Å²) in [7, 11) is -3.40. The van der Waals surface area contributed by atoms with Gasteiger partial charge >= 0.3 is 0 Å². The van der Waals surface area contributed by atoms with E-state index >= 15 is 0 Å². The van der Waals surface area contributed by atoms with Gasteiger partial charge in [-0.3, -0.25) is 5.10 Å². The van der Waals surface area contributed by atoms with E-state index in [0.717, 1.165) is 19.3 Å². The van der Waals surface area contributed by atoms with E-state index in [1.165, 1.54) is 6.20 Å². The number of nitrogens with zero attached hydrogens (tertiary/aromatic N) is 2. The maximum absolute atomic E-state index is 12.5. The van der Waals surface area contributed by atoms with Gasteiger partial charge in [0.15, 0.2) is 0 Å². The quantitative estimate of drug-likeness (QED) is 0.861. The van der Waals surface area contributed by atoms with Crippen LogP contribution in [0.4, 0.5) is 0 Å². The molecule has 2 heterocycles. The number of nitrogens with one attached hydrogen (secondary N) is 1. The SMILES string of the molecule is Cc1[nH]ncc1S(=O)(=O)N1CCCCC1CBr. The zero-order valence-corrected chi connectivity index (χ0v) is 12.1. The van der Waals surface area contributed by atoms with Gasteiger partial charge in [-0.2, -0.15) is 9.40 Å². The van der Waals surface area contributed by atoms with Crippen molar-refractivity contribution in [3.05, 3.63) is 11.9 Å². The van der Waals surface area contributed by atoms with Gasteiger partial charge in [0.25, 0.3) is 0 Å². The predicted molar refractivity (Wildman–Crippen MR) is 68.6 cm³/mol. The van der Waals surface area contributed by atoms with Crippen LogP contribution in [0.5, 0.6) is 0 Å². The first-order valence-electron chi connectivity index (χ1n) is 5.65. The van der Waals surface area contributed by atoms with E-state index in [9.17, 15) is 8.42 Å². The second-order valence-corrected chi connectivity index (χ2v) is 6.79. The number of halogens is 1. The molecule has 17 heavy (non-hydrogen) atoms. The van der Waals surface area contributed by atoms with Crippen molar-refractivity contribution in [3.63, 3.8) is 0 Å². The first-order valence-corrected chi connectivity index (χ1v) is 8.21. The lowest BCUT2D eigenvalue weighted by Gasteiger charge is -2.33. The molecule has 5 nitrogen and oxygen atoms in total. The number of hydrogen-bond acceptors (Lipinski definition) is 3. The van der Waals surface area contributed by atoms with Crippen LogP contribution >= 0.6 is 15.9 Å². The molecule has 1 atom stereocenters. The molecule has 2 rings (SSSR count). The van der Waals surface area contributed by atoms with Gasteiger partial charge in [0, 0.05) is 17.9 Å². The third-order valence-electron chi connectivity index (χ3n) is 3.12. The maximum atomic E-state index is 12.5. The third-order valence-corrected chi connectivity index (χ3v) is 5.93. The minimum atomic E-state index is -3.40. The molecule has 1 aliphatic heterocycles. The molecule has 0 amide bonds. The summed E-state index contributed by atoms with van der Waals surface area (Å²) in [6, 6.07) is 0.0584. The van der Waals surface area contributed by atoms with Crippen molar-refractivity contribution >= 4 is 26.0 Å². The molecule has 0 radical (unpaired) electrons. The second-order valence-electron chi connectivity index (χ2n) is 4.28. The number of aromatic nitrogens is 2. The normalized spacial score (nSPS) is 22.8. The smallest absolute Gasteiger partial charge is 0.246 e. The van der Waals surface area contributed by atoms with Crippen molar-refractivity contribution in [2.24, 2.45) is 0 Å². The van der Waals surface area contributed by atoms with Gasteiger partial charge in [-0.1, -0.05) is 22.4 Å². The Bertz CT molecular complexity index is 485. The number of H-pyrrole nitrogens is 1. The van der Waals surface area contributed by atoms with Crippen LogP contribution in [0.2, 0.25) is 0 Å². The Labute approximate surface area is 110 Å². The molecular formula is C10H16BrN3O2S. The summed E-state index contributed by atoms with van der Waals surface area (Å²) in [5.41, 5.74) is 0.601. The molecule has 0 aliphatic carbocycles. The number of hydrogen-bond donors (Lipinski definition) is 1. The zero-order chi connectivity index (χ0) is 12.5. The van der Waals surface area contributed by atoms with Crippen LogP contribution in [0.15, 0.2) is 11.1 Å². The Hall–Kier alpha value is -0.400. The van der Waals surface area contributed by atoms with Gasteiger partial charge in [0.05, 0.1) is 11.9 Å². The summed E-state index contributed by atoms with van der Waals surface area (Å²) in [6.07, 6.45) is 4.33. The Morgan fingerprint density at radius 1 is 1.59 bits per heavy atom. The van der Waals surface area contributed by atoms with Gasteiger partial charge < -0.3 is 0 Å². The maximum Gasteiger partial charge on any atom is 0.246 e. The van der Waals surface area contributed by atoms with Crippen LogP contribution in [-0.4, -0.2) is 40.8 Å². The topological polar surface area (TPSA) is 66.1 Å². The molecule has 1 N–H and O–H groups in total. The van der Waals surface area contributed by atoms with E-state index in [0.29, 0.717) is 22.5 Å². The average molecular weight is 322 g/mol. The van der Waals surface area contributed by atoms with Crippen molar-refractivity contribution in [2.45, 2.75) is 37.1 Å². The molecule has 1 unspecified atom stereocenters. The van der Waals surface area contributed by atoms with Gasteiger partial charge in [-0.15, -0.1) is 0 Å². The van der Waals surface area contributed by atoms with Crippen LogP contribution < -0.4 is 0 Å². The highest BCUT2D eigenvalue weighted by molar-refractivity contribution is 9.09. The zero-order valence-electron chi connectivity index (χ0n) is 9.69. The minimum Gasteiger partial charge on any atom is -0.281 e. The fourth-order valence-corrected chi connectivity index (χ4v) is 4.85.